The zero-order valence-electron chi connectivity index (χ0n) is 10.9. The van der Waals surface area contributed by atoms with Crippen molar-refractivity contribution >= 4 is 15.9 Å². The molecule has 4 nitrogen and oxygen atoms in total. The molecule has 0 saturated carbocycles. The first-order valence-electron chi connectivity index (χ1n) is 6.30. The molecule has 1 aromatic carbocycles. The Morgan fingerprint density at radius 2 is 2.16 bits per heavy atom. The lowest BCUT2D eigenvalue weighted by Gasteiger charge is -2.27. The number of rotatable bonds is 4. The fourth-order valence-corrected chi connectivity index (χ4v) is 3.01. The van der Waals surface area contributed by atoms with Crippen molar-refractivity contribution in [2.75, 3.05) is 39.8 Å². The van der Waals surface area contributed by atoms with Gasteiger partial charge in [0.1, 0.15) is 5.82 Å². The van der Waals surface area contributed by atoms with Crippen molar-refractivity contribution in [1.82, 2.24) is 10.2 Å². The number of methoxy groups -OCH3 is 1. The van der Waals surface area contributed by atoms with Crippen molar-refractivity contribution < 1.29 is 14.2 Å². The van der Waals surface area contributed by atoms with Crippen LogP contribution < -0.4 is 10.1 Å². The lowest BCUT2D eigenvalue weighted by atomic mass is 10.1. The zero-order valence-corrected chi connectivity index (χ0v) is 12.5. The van der Waals surface area contributed by atoms with E-state index in [0.29, 0.717) is 16.5 Å². The number of nitrogens with one attached hydrogen (secondary N) is 1. The molecule has 1 aliphatic rings. The van der Waals surface area contributed by atoms with Crippen molar-refractivity contribution in [3.8, 4) is 11.5 Å². The van der Waals surface area contributed by atoms with Gasteiger partial charge in [0.15, 0.2) is 11.5 Å². The number of aromatic hydroxyl groups is 1. The van der Waals surface area contributed by atoms with Crippen LogP contribution in [0.1, 0.15) is 5.56 Å². The van der Waals surface area contributed by atoms with E-state index in [2.05, 4.69) is 26.1 Å². The molecule has 1 aliphatic heterocycles. The van der Waals surface area contributed by atoms with Crippen LogP contribution in [0.2, 0.25) is 0 Å². The van der Waals surface area contributed by atoms with E-state index in [9.17, 15) is 9.50 Å². The molecule has 1 saturated heterocycles. The van der Waals surface area contributed by atoms with Gasteiger partial charge in [0.2, 0.25) is 0 Å². The van der Waals surface area contributed by atoms with Gasteiger partial charge in [-0.1, -0.05) is 0 Å². The molecular formula is C13H18BrFN2O2. The minimum absolute atomic E-state index is 0.183. The SMILES string of the molecule is COc1c(O)cc(F)c(CCN2CCNCC2)c1Br. The van der Waals surface area contributed by atoms with Crippen molar-refractivity contribution in [3.05, 3.63) is 21.9 Å². The second-order valence-electron chi connectivity index (χ2n) is 4.54. The van der Waals surface area contributed by atoms with Crippen LogP contribution in [0, 0.1) is 5.82 Å². The van der Waals surface area contributed by atoms with Gasteiger partial charge in [-0.2, -0.15) is 0 Å². The van der Waals surface area contributed by atoms with E-state index >= 15 is 0 Å². The zero-order chi connectivity index (χ0) is 13.8. The molecule has 106 valence electrons. The van der Waals surface area contributed by atoms with Crippen molar-refractivity contribution in [3.63, 3.8) is 0 Å². The van der Waals surface area contributed by atoms with Crippen LogP contribution in [0.3, 0.4) is 0 Å². The van der Waals surface area contributed by atoms with Crippen molar-refractivity contribution in [2.45, 2.75) is 6.42 Å². The Bertz CT molecular complexity index is 451. The number of nitrogens with zero attached hydrogens (tertiary/aromatic N) is 1. The number of halogens is 2. The van der Waals surface area contributed by atoms with Crippen LogP contribution in [-0.4, -0.2) is 49.8 Å². The second kappa shape index (κ2) is 6.54. The number of ether oxygens (including phenoxy) is 1. The number of phenolic OH excluding ortho intramolecular Hbond substituents is 1. The van der Waals surface area contributed by atoms with E-state index in [4.69, 9.17) is 4.74 Å². The molecule has 0 bridgehead atoms. The number of piperazine rings is 1. The summed E-state index contributed by atoms with van der Waals surface area (Å²) in [6.45, 7) is 4.71. The maximum Gasteiger partial charge on any atom is 0.175 e. The highest BCUT2D eigenvalue weighted by atomic mass is 79.9. The van der Waals surface area contributed by atoms with Gasteiger partial charge in [-0.3, -0.25) is 0 Å². The molecule has 0 spiro atoms. The van der Waals surface area contributed by atoms with Crippen LogP contribution in [0.5, 0.6) is 11.5 Å². The average molecular weight is 333 g/mol. The Hall–Kier alpha value is -0.850. The number of hydrogen-bond acceptors (Lipinski definition) is 4. The molecule has 1 heterocycles. The Morgan fingerprint density at radius 1 is 1.47 bits per heavy atom. The Kier molecular flexibility index (Phi) is 5.01. The molecule has 0 aromatic heterocycles. The third-order valence-corrected chi connectivity index (χ3v) is 4.18. The molecule has 0 unspecified atom stereocenters. The molecular weight excluding hydrogens is 315 g/mol. The highest BCUT2D eigenvalue weighted by molar-refractivity contribution is 9.10. The summed E-state index contributed by atoms with van der Waals surface area (Å²) in [7, 11) is 1.46. The van der Waals surface area contributed by atoms with Crippen molar-refractivity contribution in [1.29, 1.82) is 0 Å². The van der Waals surface area contributed by atoms with Gasteiger partial charge in [0, 0.05) is 44.4 Å². The molecule has 19 heavy (non-hydrogen) atoms. The predicted octanol–water partition coefficient (Wildman–Crippen LogP) is 1.75. The summed E-state index contributed by atoms with van der Waals surface area (Å²) >= 11 is 3.31. The first-order chi connectivity index (χ1) is 9.13. The summed E-state index contributed by atoms with van der Waals surface area (Å²) in [5, 5.41) is 12.9. The largest absolute Gasteiger partial charge is 0.504 e. The number of benzene rings is 1. The topological polar surface area (TPSA) is 44.7 Å². The third kappa shape index (κ3) is 3.38. The Morgan fingerprint density at radius 3 is 2.79 bits per heavy atom. The third-order valence-electron chi connectivity index (χ3n) is 3.34. The Labute approximate surface area is 120 Å². The van der Waals surface area contributed by atoms with Gasteiger partial charge in [-0.05, 0) is 22.4 Å². The van der Waals surface area contributed by atoms with Crippen LogP contribution in [-0.2, 0) is 6.42 Å². The summed E-state index contributed by atoms with van der Waals surface area (Å²) in [5.74, 6) is -0.296. The fourth-order valence-electron chi connectivity index (χ4n) is 2.26. The second-order valence-corrected chi connectivity index (χ2v) is 5.34. The highest BCUT2D eigenvalue weighted by Gasteiger charge is 2.18. The van der Waals surface area contributed by atoms with Crippen LogP contribution in [0.25, 0.3) is 0 Å². The quantitative estimate of drug-likeness (QED) is 0.881. The van der Waals surface area contributed by atoms with E-state index < -0.39 is 5.82 Å². The van der Waals surface area contributed by atoms with Gasteiger partial charge in [-0.15, -0.1) is 0 Å². The van der Waals surface area contributed by atoms with Gasteiger partial charge >= 0.3 is 0 Å². The van der Waals surface area contributed by atoms with Gasteiger partial charge in [0.05, 0.1) is 11.6 Å². The molecule has 0 aliphatic carbocycles. The van der Waals surface area contributed by atoms with Crippen LogP contribution in [0.4, 0.5) is 4.39 Å². The fraction of sp³-hybridized carbons (Fsp3) is 0.538. The molecule has 2 rings (SSSR count). The van der Waals surface area contributed by atoms with E-state index in [0.717, 1.165) is 38.8 Å². The molecule has 6 heteroatoms. The highest BCUT2D eigenvalue weighted by Crippen LogP contribution is 2.38. The lowest BCUT2D eigenvalue weighted by molar-refractivity contribution is 0.243. The van der Waals surface area contributed by atoms with Crippen LogP contribution in [0.15, 0.2) is 10.5 Å². The van der Waals surface area contributed by atoms with E-state index in [1.54, 1.807) is 0 Å². The predicted molar refractivity (Wildman–Crippen MR) is 75.3 cm³/mol. The normalized spacial score (nSPS) is 16.6. The summed E-state index contributed by atoms with van der Waals surface area (Å²) in [6, 6.07) is 1.11. The maximum absolute atomic E-state index is 13.9. The van der Waals surface area contributed by atoms with E-state index in [1.165, 1.54) is 7.11 Å². The lowest BCUT2D eigenvalue weighted by Crippen LogP contribution is -2.44. The minimum atomic E-state index is -0.402. The minimum Gasteiger partial charge on any atom is -0.504 e. The van der Waals surface area contributed by atoms with Crippen molar-refractivity contribution in [2.24, 2.45) is 0 Å². The Balaban J connectivity index is 2.10. The molecule has 0 radical (unpaired) electrons. The van der Waals surface area contributed by atoms with E-state index in [1.807, 2.05) is 0 Å². The first-order valence-corrected chi connectivity index (χ1v) is 7.09. The first kappa shape index (κ1) is 14.6. The smallest absolute Gasteiger partial charge is 0.175 e. The summed E-state index contributed by atoms with van der Waals surface area (Å²) in [5.41, 5.74) is 0.549. The molecule has 2 N–H and O–H groups in total. The van der Waals surface area contributed by atoms with Gasteiger partial charge in [-0.25, -0.2) is 4.39 Å². The summed E-state index contributed by atoms with van der Waals surface area (Å²) < 4.78 is 19.5. The standard InChI is InChI=1S/C13H18BrFN2O2/c1-19-13-11(18)8-10(15)9(12(13)14)2-5-17-6-3-16-4-7-17/h8,16,18H,2-7H2,1H3. The van der Waals surface area contributed by atoms with Gasteiger partial charge in [0.25, 0.3) is 0 Å². The van der Waals surface area contributed by atoms with E-state index in [-0.39, 0.29) is 11.5 Å². The summed E-state index contributed by atoms with van der Waals surface area (Å²) in [4.78, 5) is 2.29. The number of phenols is 1. The molecule has 1 aromatic rings. The number of hydrogen-bond donors (Lipinski definition) is 2. The molecule has 0 atom stereocenters. The maximum atomic E-state index is 13.9. The molecule has 0 amide bonds. The average Bonchev–Trinajstić information content (AvgIpc) is 2.39. The van der Waals surface area contributed by atoms with Crippen LogP contribution >= 0.6 is 15.9 Å². The summed E-state index contributed by atoms with van der Waals surface area (Å²) in [6.07, 6.45) is 0.586. The monoisotopic (exact) mass is 332 g/mol. The molecule has 1 fully saturated rings. The van der Waals surface area contributed by atoms with Gasteiger partial charge < -0.3 is 20.1 Å².